The molecule has 1 amide bonds. The van der Waals surface area contributed by atoms with Gasteiger partial charge in [-0.1, -0.05) is 32.9 Å². The summed E-state index contributed by atoms with van der Waals surface area (Å²) in [6, 6.07) is 7.06. The molecule has 1 fully saturated rings. The van der Waals surface area contributed by atoms with E-state index in [0.717, 1.165) is 12.0 Å². The Balaban J connectivity index is 2.01. The number of hydrogen-bond donors (Lipinski definition) is 0. The van der Waals surface area contributed by atoms with E-state index in [1.165, 1.54) is 4.31 Å². The maximum atomic E-state index is 12.7. The second kappa shape index (κ2) is 7.45. The molecule has 0 spiro atoms. The number of carbonyl (C=O) groups excluding carboxylic acids is 1. The van der Waals surface area contributed by atoms with Gasteiger partial charge in [-0.3, -0.25) is 4.79 Å². The van der Waals surface area contributed by atoms with E-state index in [1.807, 2.05) is 32.9 Å². The molecule has 2 rings (SSSR count). The molecule has 0 N–H and O–H groups in total. The van der Waals surface area contributed by atoms with Gasteiger partial charge >= 0.3 is 0 Å². The molecule has 0 radical (unpaired) electrons. The molecule has 23 heavy (non-hydrogen) atoms. The Bertz CT molecular complexity index is 630. The van der Waals surface area contributed by atoms with Crippen molar-refractivity contribution in [2.24, 2.45) is 5.92 Å². The lowest BCUT2D eigenvalue weighted by molar-refractivity contribution is -0.133. The van der Waals surface area contributed by atoms with Crippen LogP contribution in [0.25, 0.3) is 0 Å². The van der Waals surface area contributed by atoms with Gasteiger partial charge in [-0.25, -0.2) is 8.42 Å². The lowest BCUT2D eigenvalue weighted by Gasteiger charge is -2.34. The minimum atomic E-state index is -3.46. The molecule has 1 aromatic carbocycles. The first kappa shape index (κ1) is 17.9. The minimum absolute atomic E-state index is 0.115. The van der Waals surface area contributed by atoms with E-state index in [0.29, 0.717) is 43.4 Å². The van der Waals surface area contributed by atoms with Crippen LogP contribution in [0.4, 0.5) is 0 Å². The first-order chi connectivity index (χ1) is 10.8. The van der Waals surface area contributed by atoms with Crippen molar-refractivity contribution in [2.45, 2.75) is 38.5 Å². The van der Waals surface area contributed by atoms with Crippen molar-refractivity contribution in [3.05, 3.63) is 29.8 Å². The number of piperazine rings is 1. The molecule has 5 nitrogen and oxygen atoms in total. The molecule has 6 heteroatoms. The highest BCUT2D eigenvalue weighted by molar-refractivity contribution is 7.89. The monoisotopic (exact) mass is 338 g/mol. The van der Waals surface area contributed by atoms with E-state index in [9.17, 15) is 13.2 Å². The van der Waals surface area contributed by atoms with E-state index >= 15 is 0 Å². The van der Waals surface area contributed by atoms with E-state index < -0.39 is 10.0 Å². The predicted octanol–water partition coefficient (Wildman–Crippen LogP) is 2.13. The Morgan fingerprint density at radius 1 is 1.09 bits per heavy atom. The second-order valence-electron chi connectivity index (χ2n) is 6.38. The molecule has 1 heterocycles. The lowest BCUT2D eigenvalue weighted by atomic mass is 10.1. The first-order valence-corrected chi connectivity index (χ1v) is 9.65. The highest BCUT2D eigenvalue weighted by atomic mass is 32.2. The maximum Gasteiger partial charge on any atom is 0.243 e. The molecule has 0 unspecified atom stereocenters. The average molecular weight is 338 g/mol. The van der Waals surface area contributed by atoms with Gasteiger partial charge < -0.3 is 4.90 Å². The Labute approximate surface area is 139 Å². The van der Waals surface area contributed by atoms with Crippen molar-refractivity contribution in [1.82, 2.24) is 9.21 Å². The number of benzene rings is 1. The third-order valence-corrected chi connectivity index (χ3v) is 6.06. The molecular weight excluding hydrogens is 312 g/mol. The van der Waals surface area contributed by atoms with Gasteiger partial charge in [0.05, 0.1) is 4.90 Å². The topological polar surface area (TPSA) is 57.7 Å². The number of amides is 1. The first-order valence-electron chi connectivity index (χ1n) is 8.21. The number of carbonyl (C=O) groups is 1. The largest absolute Gasteiger partial charge is 0.340 e. The predicted molar refractivity (Wildman–Crippen MR) is 90.6 cm³/mol. The highest BCUT2D eigenvalue weighted by Gasteiger charge is 2.30. The van der Waals surface area contributed by atoms with Crippen LogP contribution >= 0.6 is 0 Å². The molecule has 1 aliphatic rings. The molecule has 1 saturated heterocycles. The molecule has 128 valence electrons. The van der Waals surface area contributed by atoms with E-state index in [-0.39, 0.29) is 5.91 Å². The fourth-order valence-corrected chi connectivity index (χ4v) is 4.12. The molecule has 1 aliphatic heterocycles. The quantitative estimate of drug-likeness (QED) is 0.826. The Kier molecular flexibility index (Phi) is 5.81. The zero-order valence-corrected chi connectivity index (χ0v) is 15.0. The number of hydrogen-bond acceptors (Lipinski definition) is 3. The normalized spacial score (nSPS) is 16.8. The zero-order valence-electron chi connectivity index (χ0n) is 14.2. The fourth-order valence-electron chi connectivity index (χ4n) is 2.70. The van der Waals surface area contributed by atoms with E-state index in [1.54, 1.807) is 17.0 Å². The van der Waals surface area contributed by atoms with Gasteiger partial charge in [0, 0.05) is 32.6 Å². The third kappa shape index (κ3) is 4.32. The van der Waals surface area contributed by atoms with Gasteiger partial charge in [-0.2, -0.15) is 4.31 Å². The summed E-state index contributed by atoms with van der Waals surface area (Å²) < 4.78 is 26.8. The SMILES string of the molecule is CCc1ccc(S(=O)(=O)N2CCN(C(=O)CC(C)C)CC2)cc1. The number of nitrogens with zero attached hydrogens (tertiary/aromatic N) is 2. The van der Waals surface area contributed by atoms with Crippen molar-refractivity contribution in [1.29, 1.82) is 0 Å². The van der Waals surface area contributed by atoms with Crippen molar-refractivity contribution in [3.8, 4) is 0 Å². The Morgan fingerprint density at radius 3 is 2.13 bits per heavy atom. The van der Waals surface area contributed by atoms with Crippen LogP contribution in [0, 0.1) is 5.92 Å². The molecule has 0 bridgehead atoms. The van der Waals surface area contributed by atoms with E-state index in [2.05, 4.69) is 0 Å². The average Bonchev–Trinajstić information content (AvgIpc) is 2.54. The molecular formula is C17H26N2O3S. The van der Waals surface area contributed by atoms with Gasteiger partial charge in [0.1, 0.15) is 0 Å². The summed E-state index contributed by atoms with van der Waals surface area (Å²) in [5.41, 5.74) is 1.12. The maximum absolute atomic E-state index is 12.7. The van der Waals surface area contributed by atoms with Crippen LogP contribution in [0.5, 0.6) is 0 Å². The highest BCUT2D eigenvalue weighted by Crippen LogP contribution is 2.19. The summed E-state index contributed by atoms with van der Waals surface area (Å²) in [4.78, 5) is 14.2. The van der Waals surface area contributed by atoms with Crippen LogP contribution in [0.3, 0.4) is 0 Å². The van der Waals surface area contributed by atoms with Crippen LogP contribution < -0.4 is 0 Å². The third-order valence-electron chi connectivity index (χ3n) is 4.14. The standard InChI is InChI=1S/C17H26N2O3S/c1-4-15-5-7-16(8-6-15)23(21,22)19-11-9-18(10-12-19)17(20)13-14(2)3/h5-8,14H,4,9-13H2,1-3H3. The lowest BCUT2D eigenvalue weighted by Crippen LogP contribution is -2.50. The van der Waals surface area contributed by atoms with Crippen LogP contribution in [-0.4, -0.2) is 49.7 Å². The molecule has 0 atom stereocenters. The van der Waals surface area contributed by atoms with Crippen molar-refractivity contribution in [2.75, 3.05) is 26.2 Å². The number of aryl methyl sites for hydroxylation is 1. The summed E-state index contributed by atoms with van der Waals surface area (Å²) in [6.45, 7) is 7.73. The fraction of sp³-hybridized carbons (Fsp3) is 0.588. The molecule has 1 aromatic rings. The molecule has 0 aromatic heterocycles. The van der Waals surface area contributed by atoms with Crippen molar-refractivity contribution >= 4 is 15.9 Å². The van der Waals surface area contributed by atoms with Crippen LogP contribution in [0.15, 0.2) is 29.2 Å². The van der Waals surface area contributed by atoms with Crippen LogP contribution in [-0.2, 0) is 21.2 Å². The Morgan fingerprint density at radius 2 is 1.65 bits per heavy atom. The van der Waals surface area contributed by atoms with Gasteiger partial charge in [-0.05, 0) is 30.0 Å². The van der Waals surface area contributed by atoms with Crippen molar-refractivity contribution in [3.63, 3.8) is 0 Å². The minimum Gasteiger partial charge on any atom is -0.340 e. The van der Waals surface area contributed by atoms with Gasteiger partial charge in [0.25, 0.3) is 0 Å². The van der Waals surface area contributed by atoms with E-state index in [4.69, 9.17) is 0 Å². The second-order valence-corrected chi connectivity index (χ2v) is 8.32. The summed E-state index contributed by atoms with van der Waals surface area (Å²) in [7, 11) is -3.46. The smallest absolute Gasteiger partial charge is 0.243 e. The van der Waals surface area contributed by atoms with Crippen LogP contribution in [0.2, 0.25) is 0 Å². The zero-order chi connectivity index (χ0) is 17.0. The summed E-state index contributed by atoms with van der Waals surface area (Å²) >= 11 is 0. The van der Waals surface area contributed by atoms with Gasteiger partial charge in [0.15, 0.2) is 0 Å². The van der Waals surface area contributed by atoms with Crippen LogP contribution in [0.1, 0.15) is 32.8 Å². The summed E-state index contributed by atoms with van der Waals surface area (Å²) in [5.74, 6) is 0.436. The van der Waals surface area contributed by atoms with Crippen molar-refractivity contribution < 1.29 is 13.2 Å². The number of sulfonamides is 1. The Hall–Kier alpha value is -1.40. The van der Waals surface area contributed by atoms with Gasteiger partial charge in [0.2, 0.25) is 15.9 Å². The molecule has 0 saturated carbocycles. The summed E-state index contributed by atoms with van der Waals surface area (Å²) in [5, 5.41) is 0. The number of rotatable bonds is 5. The molecule has 0 aliphatic carbocycles. The van der Waals surface area contributed by atoms with Gasteiger partial charge in [-0.15, -0.1) is 0 Å². The summed E-state index contributed by atoms with van der Waals surface area (Å²) in [6.07, 6.45) is 1.40.